The first-order valence-electron chi connectivity index (χ1n) is 9.15. The number of carbonyl (C=O) groups excluding carboxylic acids is 1. The van der Waals surface area contributed by atoms with Gasteiger partial charge in [-0.3, -0.25) is 14.7 Å². The number of aliphatic imine (C=N–C) groups is 1. The van der Waals surface area contributed by atoms with E-state index in [2.05, 4.69) is 45.1 Å². The summed E-state index contributed by atoms with van der Waals surface area (Å²) in [5.41, 5.74) is 5.21. The predicted molar refractivity (Wildman–Crippen MR) is 123 cm³/mol. The Morgan fingerprint density at radius 2 is 2.21 bits per heavy atom. The van der Waals surface area contributed by atoms with Crippen LogP contribution in [0.25, 0.3) is 0 Å². The molecule has 1 fully saturated rings. The minimum atomic E-state index is -0.565. The van der Waals surface area contributed by atoms with Crippen molar-refractivity contribution in [3.8, 4) is 0 Å². The van der Waals surface area contributed by atoms with Crippen molar-refractivity contribution in [2.45, 2.75) is 25.4 Å². The quantitative estimate of drug-likeness (QED) is 0.311. The number of hydrogen-bond donors (Lipinski definition) is 3. The molecule has 3 heterocycles. The number of piperidine rings is 1. The number of nitrogens with one attached hydrogen (secondary N) is 2. The van der Waals surface area contributed by atoms with Crippen LogP contribution in [0.3, 0.4) is 0 Å². The number of nitrogens with two attached hydrogens (primary N) is 1. The van der Waals surface area contributed by atoms with Crippen LogP contribution in [0.15, 0.2) is 39.1 Å². The zero-order valence-electron chi connectivity index (χ0n) is 16.2. The summed E-state index contributed by atoms with van der Waals surface area (Å²) in [4.78, 5) is 19.3. The first-order chi connectivity index (χ1) is 13.1. The van der Waals surface area contributed by atoms with E-state index < -0.39 is 5.91 Å². The normalized spacial score (nSPS) is 20.4. The maximum Gasteiger partial charge on any atom is 0.284 e. The van der Waals surface area contributed by atoms with Crippen LogP contribution >= 0.6 is 35.3 Å². The monoisotopic (exact) mass is 517 g/mol. The van der Waals surface area contributed by atoms with Crippen LogP contribution in [-0.4, -0.2) is 44.0 Å². The van der Waals surface area contributed by atoms with Crippen molar-refractivity contribution in [3.05, 3.63) is 46.0 Å². The second-order valence-electron chi connectivity index (χ2n) is 6.78. The SMILES string of the molecule is CN=C(NCc1ccc(C(N)=O)o1)NCC1CCCN(C)C1c1cccs1.I. The molecule has 7 nitrogen and oxygen atoms in total. The fourth-order valence-electron chi connectivity index (χ4n) is 3.61. The number of hydrogen-bond acceptors (Lipinski definition) is 5. The van der Waals surface area contributed by atoms with Gasteiger partial charge in [-0.1, -0.05) is 6.07 Å². The molecular formula is C19H28IN5O2S. The molecule has 0 radical (unpaired) electrons. The number of furan rings is 1. The number of rotatable bonds is 6. The Bertz CT molecular complexity index is 777. The maximum absolute atomic E-state index is 11.1. The second-order valence-corrected chi connectivity index (χ2v) is 7.76. The second kappa shape index (κ2) is 10.8. The van der Waals surface area contributed by atoms with Gasteiger partial charge in [0.05, 0.1) is 6.54 Å². The van der Waals surface area contributed by atoms with Gasteiger partial charge in [-0.2, -0.15) is 0 Å². The van der Waals surface area contributed by atoms with E-state index in [1.165, 1.54) is 17.7 Å². The average molecular weight is 517 g/mol. The molecule has 2 atom stereocenters. The number of carbonyl (C=O) groups is 1. The third kappa shape index (κ3) is 5.71. The van der Waals surface area contributed by atoms with Gasteiger partial charge in [0, 0.05) is 24.5 Å². The van der Waals surface area contributed by atoms with Crippen molar-refractivity contribution in [2.75, 3.05) is 27.2 Å². The lowest BCUT2D eigenvalue weighted by molar-refractivity contribution is 0.0972. The number of amides is 1. The molecule has 9 heteroatoms. The summed E-state index contributed by atoms with van der Waals surface area (Å²) >= 11 is 1.82. The van der Waals surface area contributed by atoms with Crippen LogP contribution in [0.1, 0.15) is 40.1 Å². The molecule has 1 aliphatic rings. The molecule has 0 aromatic carbocycles. The van der Waals surface area contributed by atoms with Gasteiger partial charge in [0.15, 0.2) is 11.7 Å². The molecule has 28 heavy (non-hydrogen) atoms. The Kier molecular flexibility index (Phi) is 8.77. The Morgan fingerprint density at radius 3 is 2.86 bits per heavy atom. The van der Waals surface area contributed by atoms with Crippen molar-refractivity contribution >= 4 is 47.2 Å². The Hall–Kier alpha value is -1.59. The van der Waals surface area contributed by atoms with Crippen LogP contribution in [0.2, 0.25) is 0 Å². The molecule has 2 aromatic rings. The minimum absolute atomic E-state index is 0. The molecule has 1 saturated heterocycles. The van der Waals surface area contributed by atoms with Crippen LogP contribution in [-0.2, 0) is 6.54 Å². The van der Waals surface area contributed by atoms with E-state index in [4.69, 9.17) is 10.2 Å². The smallest absolute Gasteiger partial charge is 0.284 e. The van der Waals surface area contributed by atoms with Crippen molar-refractivity contribution < 1.29 is 9.21 Å². The highest BCUT2D eigenvalue weighted by atomic mass is 127. The summed E-state index contributed by atoms with van der Waals surface area (Å²) in [7, 11) is 3.95. The number of thiophene rings is 1. The number of halogens is 1. The molecule has 2 aromatic heterocycles. The fraction of sp³-hybridized carbons (Fsp3) is 0.474. The Balaban J connectivity index is 0.00000280. The van der Waals surface area contributed by atoms with E-state index >= 15 is 0 Å². The molecule has 154 valence electrons. The van der Waals surface area contributed by atoms with E-state index in [0.717, 1.165) is 13.1 Å². The highest BCUT2D eigenvalue weighted by Crippen LogP contribution is 2.36. The largest absolute Gasteiger partial charge is 0.454 e. The van der Waals surface area contributed by atoms with Gasteiger partial charge < -0.3 is 20.8 Å². The fourth-order valence-corrected chi connectivity index (χ4v) is 4.59. The molecule has 0 saturated carbocycles. The summed E-state index contributed by atoms with van der Waals surface area (Å²) in [6, 6.07) is 8.11. The summed E-state index contributed by atoms with van der Waals surface area (Å²) in [6.45, 7) is 2.41. The first kappa shape index (κ1) is 22.7. The van der Waals surface area contributed by atoms with Gasteiger partial charge in [0.25, 0.3) is 5.91 Å². The number of likely N-dealkylation sites (tertiary alicyclic amines) is 1. The number of guanidine groups is 1. The maximum atomic E-state index is 11.1. The molecule has 0 bridgehead atoms. The molecule has 3 rings (SSSR count). The zero-order chi connectivity index (χ0) is 19.2. The third-order valence-electron chi connectivity index (χ3n) is 4.93. The molecule has 4 N–H and O–H groups in total. The summed E-state index contributed by atoms with van der Waals surface area (Å²) < 4.78 is 5.39. The van der Waals surface area contributed by atoms with Gasteiger partial charge >= 0.3 is 0 Å². The Labute approximate surface area is 186 Å². The van der Waals surface area contributed by atoms with E-state index in [1.807, 2.05) is 11.3 Å². The summed E-state index contributed by atoms with van der Waals surface area (Å²) in [5.74, 6) is 1.47. The topological polar surface area (TPSA) is 95.9 Å². The van der Waals surface area contributed by atoms with Gasteiger partial charge in [0.2, 0.25) is 0 Å². The van der Waals surface area contributed by atoms with Crippen LogP contribution < -0.4 is 16.4 Å². The van der Waals surface area contributed by atoms with E-state index in [1.54, 1.807) is 19.2 Å². The van der Waals surface area contributed by atoms with Crippen molar-refractivity contribution in [2.24, 2.45) is 16.6 Å². The lowest BCUT2D eigenvalue weighted by Crippen LogP contribution is -2.44. The molecule has 0 aliphatic carbocycles. The van der Waals surface area contributed by atoms with Crippen LogP contribution in [0, 0.1) is 5.92 Å². The third-order valence-corrected chi connectivity index (χ3v) is 5.87. The first-order valence-corrected chi connectivity index (χ1v) is 10.0. The van der Waals surface area contributed by atoms with E-state index in [9.17, 15) is 4.79 Å². The predicted octanol–water partition coefficient (Wildman–Crippen LogP) is 2.81. The molecular weight excluding hydrogens is 489 g/mol. The number of nitrogens with zero attached hydrogens (tertiary/aromatic N) is 2. The highest BCUT2D eigenvalue weighted by Gasteiger charge is 2.31. The van der Waals surface area contributed by atoms with Crippen molar-refractivity contribution in [3.63, 3.8) is 0 Å². The minimum Gasteiger partial charge on any atom is -0.454 e. The lowest BCUT2D eigenvalue weighted by atomic mass is 9.88. The van der Waals surface area contributed by atoms with E-state index in [0.29, 0.717) is 30.2 Å². The van der Waals surface area contributed by atoms with E-state index in [-0.39, 0.29) is 29.7 Å². The van der Waals surface area contributed by atoms with Crippen LogP contribution in [0.5, 0.6) is 0 Å². The molecule has 1 amide bonds. The van der Waals surface area contributed by atoms with Crippen molar-refractivity contribution in [1.82, 2.24) is 15.5 Å². The molecule has 2 unspecified atom stereocenters. The highest BCUT2D eigenvalue weighted by molar-refractivity contribution is 14.0. The van der Waals surface area contributed by atoms with Gasteiger partial charge in [0.1, 0.15) is 5.76 Å². The van der Waals surface area contributed by atoms with Gasteiger partial charge in [-0.15, -0.1) is 35.3 Å². The van der Waals surface area contributed by atoms with Gasteiger partial charge in [-0.05, 0) is 55.9 Å². The zero-order valence-corrected chi connectivity index (χ0v) is 19.3. The van der Waals surface area contributed by atoms with Gasteiger partial charge in [-0.25, -0.2) is 0 Å². The standard InChI is InChI=1S/C19H27N5O2S.HI/c1-21-19(23-12-14-7-8-15(26-14)18(20)25)22-11-13-5-3-9-24(2)17(13)16-6-4-10-27-16;/h4,6-8,10,13,17H,3,5,9,11-12H2,1-2H3,(H2,20,25)(H2,21,22,23);1H. The molecule has 0 spiro atoms. The number of primary amides is 1. The van der Waals surface area contributed by atoms with Crippen molar-refractivity contribution in [1.29, 1.82) is 0 Å². The summed E-state index contributed by atoms with van der Waals surface area (Å²) in [5, 5.41) is 8.80. The lowest BCUT2D eigenvalue weighted by Gasteiger charge is -2.39. The Morgan fingerprint density at radius 1 is 1.39 bits per heavy atom. The summed E-state index contributed by atoms with van der Waals surface area (Å²) in [6.07, 6.45) is 2.40. The average Bonchev–Trinajstić information content (AvgIpc) is 3.34. The van der Waals surface area contributed by atoms with Crippen LogP contribution in [0.4, 0.5) is 0 Å². The molecule has 1 aliphatic heterocycles.